The van der Waals surface area contributed by atoms with Gasteiger partial charge in [0.05, 0.1) is 7.11 Å². The number of aromatic nitrogens is 1. The molecule has 1 aromatic carbocycles. The Hall–Kier alpha value is -2.01. The zero-order chi connectivity index (χ0) is 21.2. The molecule has 2 aliphatic heterocycles. The SMILES string of the molecule is COc1ccc2[nH]cc(C[C@H]3CCCN3CCCCN3C[C@@H]4CCCC[C@@H]4C3=O)c2c1. The molecule has 5 rings (SSSR count). The van der Waals surface area contributed by atoms with Gasteiger partial charge in [0, 0.05) is 42.1 Å². The summed E-state index contributed by atoms with van der Waals surface area (Å²) >= 11 is 0. The molecule has 2 aromatic rings. The molecule has 0 spiro atoms. The fraction of sp³-hybridized carbons (Fsp3) is 0.654. The van der Waals surface area contributed by atoms with E-state index in [4.69, 9.17) is 4.74 Å². The summed E-state index contributed by atoms with van der Waals surface area (Å²) in [6.45, 7) is 4.36. The van der Waals surface area contributed by atoms with Crippen LogP contribution in [0.5, 0.6) is 5.75 Å². The van der Waals surface area contributed by atoms with Crippen molar-refractivity contribution in [3.05, 3.63) is 30.0 Å². The van der Waals surface area contributed by atoms with Crippen molar-refractivity contribution >= 4 is 16.8 Å². The largest absolute Gasteiger partial charge is 0.497 e. The lowest BCUT2D eigenvalue weighted by atomic mass is 9.81. The number of ether oxygens (including phenoxy) is 1. The molecule has 0 radical (unpaired) electrons. The Kier molecular flexibility index (Phi) is 6.22. The number of carbonyl (C=O) groups excluding carboxylic acids is 1. The molecule has 1 N–H and O–H groups in total. The zero-order valence-corrected chi connectivity index (χ0v) is 18.9. The summed E-state index contributed by atoms with van der Waals surface area (Å²) in [5.41, 5.74) is 2.59. The van der Waals surface area contributed by atoms with Gasteiger partial charge in [0.25, 0.3) is 0 Å². The maximum atomic E-state index is 12.7. The molecule has 0 unspecified atom stereocenters. The predicted molar refractivity (Wildman–Crippen MR) is 124 cm³/mol. The van der Waals surface area contributed by atoms with E-state index in [9.17, 15) is 4.79 Å². The smallest absolute Gasteiger partial charge is 0.226 e. The molecule has 3 atom stereocenters. The molecular formula is C26H37N3O2. The number of carbonyl (C=O) groups is 1. The first-order valence-corrected chi connectivity index (χ1v) is 12.4. The normalized spacial score (nSPS) is 26.7. The highest BCUT2D eigenvalue weighted by Crippen LogP contribution is 2.37. The molecule has 1 aliphatic carbocycles. The van der Waals surface area contributed by atoms with E-state index in [2.05, 4.69) is 33.1 Å². The van der Waals surface area contributed by atoms with Gasteiger partial charge in [-0.15, -0.1) is 0 Å². The molecule has 3 heterocycles. The average molecular weight is 424 g/mol. The summed E-state index contributed by atoms with van der Waals surface area (Å²) in [6.07, 6.45) is 13.2. The number of hydrogen-bond acceptors (Lipinski definition) is 3. The second-order valence-electron chi connectivity index (χ2n) is 9.90. The molecule has 5 heteroatoms. The van der Waals surface area contributed by atoms with Crippen LogP contribution in [-0.2, 0) is 11.2 Å². The fourth-order valence-corrected chi connectivity index (χ4v) is 6.31. The van der Waals surface area contributed by atoms with Crippen LogP contribution in [0.25, 0.3) is 10.9 Å². The molecule has 3 fully saturated rings. The van der Waals surface area contributed by atoms with E-state index in [1.807, 2.05) is 6.07 Å². The summed E-state index contributed by atoms with van der Waals surface area (Å²) in [6, 6.07) is 6.91. The van der Waals surface area contributed by atoms with Crippen LogP contribution >= 0.6 is 0 Å². The minimum Gasteiger partial charge on any atom is -0.497 e. The van der Waals surface area contributed by atoms with E-state index in [0.29, 0.717) is 23.8 Å². The third-order valence-electron chi connectivity index (χ3n) is 8.05. The fourth-order valence-electron chi connectivity index (χ4n) is 6.31. The molecule has 2 saturated heterocycles. The molecular weight excluding hydrogens is 386 g/mol. The summed E-state index contributed by atoms with van der Waals surface area (Å²) in [5.74, 6) is 2.39. The second kappa shape index (κ2) is 9.23. The predicted octanol–water partition coefficient (Wildman–Crippen LogP) is 4.61. The molecule has 5 nitrogen and oxygen atoms in total. The number of likely N-dealkylation sites (tertiary alicyclic amines) is 2. The number of hydrogen-bond donors (Lipinski definition) is 1. The number of nitrogens with one attached hydrogen (secondary N) is 1. The Morgan fingerprint density at radius 1 is 1.10 bits per heavy atom. The number of unbranched alkanes of at least 4 members (excludes halogenated alkanes) is 1. The van der Waals surface area contributed by atoms with Gasteiger partial charge in [-0.1, -0.05) is 12.8 Å². The molecule has 168 valence electrons. The summed E-state index contributed by atoms with van der Waals surface area (Å²) in [4.78, 5) is 21.0. The summed E-state index contributed by atoms with van der Waals surface area (Å²) in [5, 5.41) is 1.29. The lowest BCUT2D eigenvalue weighted by molar-refractivity contribution is -0.131. The number of amides is 1. The first-order chi connectivity index (χ1) is 15.2. The van der Waals surface area contributed by atoms with Gasteiger partial charge in [-0.3, -0.25) is 4.79 Å². The highest BCUT2D eigenvalue weighted by atomic mass is 16.5. The zero-order valence-electron chi connectivity index (χ0n) is 18.9. The van der Waals surface area contributed by atoms with Gasteiger partial charge in [-0.25, -0.2) is 0 Å². The minimum absolute atomic E-state index is 0.353. The van der Waals surface area contributed by atoms with Crippen LogP contribution in [0.3, 0.4) is 0 Å². The number of benzene rings is 1. The first-order valence-electron chi connectivity index (χ1n) is 12.4. The van der Waals surface area contributed by atoms with Gasteiger partial charge in [-0.2, -0.15) is 0 Å². The van der Waals surface area contributed by atoms with Gasteiger partial charge in [-0.05, 0) is 87.7 Å². The van der Waals surface area contributed by atoms with E-state index in [-0.39, 0.29) is 0 Å². The number of nitrogens with zero attached hydrogens (tertiary/aromatic N) is 2. The van der Waals surface area contributed by atoms with Crippen molar-refractivity contribution in [2.75, 3.05) is 33.3 Å². The third-order valence-corrected chi connectivity index (χ3v) is 8.05. The Bertz CT molecular complexity index is 907. The monoisotopic (exact) mass is 423 g/mol. The van der Waals surface area contributed by atoms with E-state index < -0.39 is 0 Å². The van der Waals surface area contributed by atoms with Crippen LogP contribution in [0, 0.1) is 11.8 Å². The lowest BCUT2D eigenvalue weighted by Gasteiger charge is -2.25. The molecule has 3 aliphatic rings. The molecule has 1 amide bonds. The first kappa shape index (κ1) is 20.9. The maximum absolute atomic E-state index is 12.7. The summed E-state index contributed by atoms with van der Waals surface area (Å²) < 4.78 is 5.43. The maximum Gasteiger partial charge on any atom is 0.226 e. The van der Waals surface area contributed by atoms with Crippen LogP contribution in [0.2, 0.25) is 0 Å². The van der Waals surface area contributed by atoms with Crippen molar-refractivity contribution in [1.29, 1.82) is 0 Å². The molecule has 31 heavy (non-hydrogen) atoms. The highest BCUT2D eigenvalue weighted by Gasteiger charge is 2.40. The van der Waals surface area contributed by atoms with Gasteiger partial charge in [0.2, 0.25) is 5.91 Å². The molecule has 1 aromatic heterocycles. The Morgan fingerprint density at radius 3 is 2.84 bits per heavy atom. The van der Waals surface area contributed by atoms with Crippen molar-refractivity contribution in [2.24, 2.45) is 11.8 Å². The lowest BCUT2D eigenvalue weighted by Crippen LogP contribution is -2.33. The molecule has 0 bridgehead atoms. The minimum atomic E-state index is 0.353. The molecule has 1 saturated carbocycles. The van der Waals surface area contributed by atoms with E-state index in [1.54, 1.807) is 7.11 Å². The van der Waals surface area contributed by atoms with Crippen LogP contribution < -0.4 is 4.74 Å². The van der Waals surface area contributed by atoms with E-state index >= 15 is 0 Å². The number of fused-ring (bicyclic) bond motifs is 2. The van der Waals surface area contributed by atoms with Crippen LogP contribution in [-0.4, -0.2) is 60.0 Å². The number of methoxy groups -OCH3 is 1. The van der Waals surface area contributed by atoms with E-state index in [1.165, 1.54) is 61.5 Å². The quantitative estimate of drug-likeness (QED) is 0.631. The van der Waals surface area contributed by atoms with Crippen molar-refractivity contribution in [2.45, 2.75) is 63.8 Å². The topological polar surface area (TPSA) is 48.6 Å². The Morgan fingerprint density at radius 2 is 1.97 bits per heavy atom. The van der Waals surface area contributed by atoms with Crippen LogP contribution in [0.1, 0.15) is 56.9 Å². The summed E-state index contributed by atoms with van der Waals surface area (Å²) in [7, 11) is 1.73. The Labute approximate surface area is 186 Å². The second-order valence-corrected chi connectivity index (χ2v) is 9.90. The standard InChI is InChI=1S/C26H37N3O2/c1-31-22-10-11-25-24(16-22)20(17-27-25)15-21-8-6-14-28(21)12-4-5-13-29-18-19-7-2-3-9-23(19)26(29)30/h10-11,16-17,19,21,23,27H,2-9,12-15,18H2,1H3/t19-,21+,23-/m0/s1. The van der Waals surface area contributed by atoms with Gasteiger partial charge >= 0.3 is 0 Å². The number of aromatic amines is 1. The third kappa shape index (κ3) is 4.34. The van der Waals surface area contributed by atoms with Gasteiger partial charge in [0.15, 0.2) is 0 Å². The van der Waals surface area contributed by atoms with Gasteiger partial charge in [0.1, 0.15) is 5.75 Å². The Balaban J connectivity index is 1.12. The van der Waals surface area contributed by atoms with Crippen LogP contribution in [0.4, 0.5) is 0 Å². The van der Waals surface area contributed by atoms with Crippen molar-refractivity contribution in [1.82, 2.24) is 14.8 Å². The van der Waals surface area contributed by atoms with Crippen LogP contribution in [0.15, 0.2) is 24.4 Å². The average Bonchev–Trinajstić information content (AvgIpc) is 3.50. The number of H-pyrrole nitrogens is 1. The van der Waals surface area contributed by atoms with Gasteiger partial charge < -0.3 is 19.5 Å². The number of rotatable bonds is 8. The van der Waals surface area contributed by atoms with Crippen molar-refractivity contribution in [3.8, 4) is 5.75 Å². The van der Waals surface area contributed by atoms with Crippen molar-refractivity contribution in [3.63, 3.8) is 0 Å². The highest BCUT2D eigenvalue weighted by molar-refractivity contribution is 5.84. The van der Waals surface area contributed by atoms with E-state index in [0.717, 1.165) is 44.6 Å². The van der Waals surface area contributed by atoms with Crippen molar-refractivity contribution < 1.29 is 9.53 Å².